The van der Waals surface area contributed by atoms with Crippen LogP contribution in [-0.4, -0.2) is 30.4 Å². The van der Waals surface area contributed by atoms with Crippen LogP contribution in [0.25, 0.3) is 16.6 Å². The molecule has 4 rings (SSSR count). The van der Waals surface area contributed by atoms with E-state index in [0.717, 1.165) is 34.8 Å². The maximum absolute atomic E-state index is 14.4. The predicted molar refractivity (Wildman–Crippen MR) is 119 cm³/mol. The third-order valence-electron chi connectivity index (χ3n) is 4.84. The van der Waals surface area contributed by atoms with E-state index in [4.69, 9.17) is 16.7 Å². The maximum atomic E-state index is 14.4. The van der Waals surface area contributed by atoms with Crippen molar-refractivity contribution in [1.29, 1.82) is 0 Å². The Bertz CT molecular complexity index is 1280. The van der Waals surface area contributed by atoms with Crippen LogP contribution >= 0.6 is 23.4 Å². The van der Waals surface area contributed by atoms with Gasteiger partial charge in [0.1, 0.15) is 10.8 Å². The highest BCUT2D eigenvalue weighted by atomic mass is 35.5. The molecule has 3 aromatic heterocycles. The molecule has 31 heavy (non-hydrogen) atoms. The zero-order valence-corrected chi connectivity index (χ0v) is 18.5. The summed E-state index contributed by atoms with van der Waals surface area (Å²) in [5.74, 6) is -1.44. The summed E-state index contributed by atoms with van der Waals surface area (Å²) in [6.45, 7) is 4.84. The van der Waals surface area contributed by atoms with Crippen LogP contribution in [0.2, 0.25) is 5.02 Å². The molecule has 0 amide bonds. The minimum absolute atomic E-state index is 0.0466. The van der Waals surface area contributed by atoms with Gasteiger partial charge in [0.15, 0.2) is 0 Å². The lowest BCUT2D eigenvalue weighted by molar-refractivity contribution is -0.136. The highest BCUT2D eigenvalue weighted by Gasteiger charge is 2.20. The Balaban J connectivity index is 1.84. The molecule has 0 aliphatic carbocycles. The van der Waals surface area contributed by atoms with Crippen molar-refractivity contribution in [2.75, 3.05) is 0 Å². The highest BCUT2D eigenvalue weighted by molar-refractivity contribution is 7.99. The first kappa shape index (κ1) is 21.4. The van der Waals surface area contributed by atoms with Crippen molar-refractivity contribution < 1.29 is 14.3 Å². The van der Waals surface area contributed by atoms with Crippen molar-refractivity contribution >= 4 is 40.2 Å². The quantitative estimate of drug-likeness (QED) is 0.395. The van der Waals surface area contributed by atoms with Gasteiger partial charge >= 0.3 is 5.97 Å². The number of carboxylic acid groups (broad SMARTS) is 1. The Morgan fingerprint density at radius 3 is 2.87 bits per heavy atom. The van der Waals surface area contributed by atoms with Crippen LogP contribution in [0.15, 0.2) is 52.6 Å². The molecular formula is C22H20ClFN4O2S. The van der Waals surface area contributed by atoms with Crippen molar-refractivity contribution in [3.05, 3.63) is 65.0 Å². The van der Waals surface area contributed by atoms with Gasteiger partial charge < -0.3 is 9.67 Å². The van der Waals surface area contributed by atoms with Crippen molar-refractivity contribution in [3.8, 4) is 5.69 Å². The van der Waals surface area contributed by atoms with Gasteiger partial charge in [0.05, 0.1) is 34.5 Å². The van der Waals surface area contributed by atoms with Crippen molar-refractivity contribution in [1.82, 2.24) is 19.3 Å². The van der Waals surface area contributed by atoms with Crippen molar-refractivity contribution in [3.63, 3.8) is 0 Å². The van der Waals surface area contributed by atoms with Gasteiger partial charge in [0.2, 0.25) is 0 Å². The fraction of sp³-hybridized carbons (Fsp3) is 0.227. The number of benzene rings is 1. The van der Waals surface area contributed by atoms with E-state index in [2.05, 4.69) is 17.0 Å². The Kier molecular flexibility index (Phi) is 6.02. The second-order valence-electron chi connectivity index (χ2n) is 7.13. The molecule has 0 atom stereocenters. The number of rotatable bonds is 7. The summed E-state index contributed by atoms with van der Waals surface area (Å²) in [4.78, 5) is 16.3. The number of hydrogen-bond acceptors (Lipinski definition) is 4. The SMILES string of the molecule is CCCn1cc(-n2c(C)c(Sc3cccc(CC(=O)O)n3)c3cc(F)c(Cl)cc32)cn1. The number of pyridine rings is 1. The Hall–Kier alpha value is -2.84. The first-order chi connectivity index (χ1) is 14.9. The number of nitrogens with zero attached hydrogens (tertiary/aromatic N) is 4. The molecule has 1 N–H and O–H groups in total. The molecule has 0 aliphatic heterocycles. The molecule has 0 saturated carbocycles. The number of hydrogen-bond donors (Lipinski definition) is 1. The summed E-state index contributed by atoms with van der Waals surface area (Å²) in [6, 6.07) is 8.31. The molecule has 0 aliphatic rings. The van der Waals surface area contributed by atoms with Crippen LogP contribution in [0.4, 0.5) is 4.39 Å². The minimum Gasteiger partial charge on any atom is -0.481 e. The normalized spacial score (nSPS) is 11.4. The van der Waals surface area contributed by atoms with E-state index in [1.807, 2.05) is 28.4 Å². The van der Waals surface area contributed by atoms with Crippen molar-refractivity contribution in [2.45, 2.75) is 43.2 Å². The summed E-state index contributed by atoms with van der Waals surface area (Å²) < 4.78 is 18.2. The average molecular weight is 459 g/mol. The Labute approximate surface area is 187 Å². The highest BCUT2D eigenvalue weighted by Crippen LogP contribution is 2.40. The summed E-state index contributed by atoms with van der Waals surface area (Å²) in [5, 5.41) is 14.9. The summed E-state index contributed by atoms with van der Waals surface area (Å²) in [7, 11) is 0. The minimum atomic E-state index is -0.941. The largest absolute Gasteiger partial charge is 0.481 e. The smallest absolute Gasteiger partial charge is 0.309 e. The van der Waals surface area contributed by atoms with E-state index in [-0.39, 0.29) is 11.4 Å². The molecule has 4 aromatic rings. The van der Waals surface area contributed by atoms with Gasteiger partial charge in [-0.25, -0.2) is 9.37 Å². The number of aliphatic carboxylic acids is 1. The number of carbonyl (C=O) groups is 1. The van der Waals surface area contributed by atoms with Crippen LogP contribution in [0.3, 0.4) is 0 Å². The molecule has 6 nitrogen and oxygen atoms in total. The molecule has 9 heteroatoms. The number of fused-ring (bicyclic) bond motifs is 1. The van der Waals surface area contributed by atoms with Crippen LogP contribution in [0, 0.1) is 12.7 Å². The van der Waals surface area contributed by atoms with E-state index >= 15 is 0 Å². The van der Waals surface area contributed by atoms with Crippen LogP contribution in [-0.2, 0) is 17.8 Å². The number of aromatic nitrogens is 4. The van der Waals surface area contributed by atoms with Gasteiger partial charge in [-0.05, 0) is 37.6 Å². The number of carboxylic acids is 1. The third kappa shape index (κ3) is 4.31. The molecule has 3 heterocycles. The molecule has 1 aromatic carbocycles. The second-order valence-corrected chi connectivity index (χ2v) is 8.57. The predicted octanol–water partition coefficient (Wildman–Crippen LogP) is 5.51. The molecule has 0 spiro atoms. The van der Waals surface area contributed by atoms with Gasteiger partial charge in [0, 0.05) is 28.7 Å². The lowest BCUT2D eigenvalue weighted by Crippen LogP contribution is -2.02. The molecule has 0 unspecified atom stereocenters. The van der Waals surface area contributed by atoms with E-state index < -0.39 is 11.8 Å². The standard InChI is InChI=1S/C22H20ClFN4O2S/c1-3-7-27-12-15(11-25-27)28-13(2)22(16-9-18(24)17(23)10-19(16)28)31-20-6-4-5-14(26-20)8-21(29)30/h4-6,9-12H,3,7-8H2,1-2H3,(H,29,30). The molecule has 0 fully saturated rings. The van der Waals surface area contributed by atoms with Crippen LogP contribution in [0.1, 0.15) is 24.7 Å². The molecule has 0 radical (unpaired) electrons. The van der Waals surface area contributed by atoms with E-state index in [1.54, 1.807) is 24.4 Å². The van der Waals surface area contributed by atoms with E-state index in [9.17, 15) is 9.18 Å². The van der Waals surface area contributed by atoms with Gasteiger partial charge in [-0.3, -0.25) is 9.48 Å². The Morgan fingerprint density at radius 2 is 2.13 bits per heavy atom. The van der Waals surface area contributed by atoms with Crippen LogP contribution < -0.4 is 0 Å². The monoisotopic (exact) mass is 458 g/mol. The summed E-state index contributed by atoms with van der Waals surface area (Å²) in [5.41, 5.74) is 2.99. The number of halogens is 2. The number of aryl methyl sites for hydroxylation is 1. The summed E-state index contributed by atoms with van der Waals surface area (Å²) in [6.07, 6.45) is 4.53. The third-order valence-corrected chi connectivity index (χ3v) is 6.28. The van der Waals surface area contributed by atoms with Gasteiger partial charge in [0.25, 0.3) is 0 Å². The first-order valence-corrected chi connectivity index (χ1v) is 10.9. The fourth-order valence-corrected chi connectivity index (χ4v) is 4.72. The molecular weight excluding hydrogens is 439 g/mol. The average Bonchev–Trinajstić information content (AvgIpc) is 3.26. The molecule has 0 saturated heterocycles. The topological polar surface area (TPSA) is 72.9 Å². The van der Waals surface area contributed by atoms with Gasteiger partial charge in [-0.2, -0.15) is 5.10 Å². The zero-order chi connectivity index (χ0) is 22.1. The van der Waals surface area contributed by atoms with Gasteiger partial charge in [-0.1, -0.05) is 36.4 Å². The zero-order valence-electron chi connectivity index (χ0n) is 17.0. The lowest BCUT2D eigenvalue weighted by atomic mass is 10.2. The first-order valence-electron chi connectivity index (χ1n) is 9.75. The van der Waals surface area contributed by atoms with Crippen molar-refractivity contribution in [2.24, 2.45) is 0 Å². The summed E-state index contributed by atoms with van der Waals surface area (Å²) >= 11 is 7.48. The van der Waals surface area contributed by atoms with E-state index in [0.29, 0.717) is 16.1 Å². The molecule has 160 valence electrons. The maximum Gasteiger partial charge on any atom is 0.309 e. The second kappa shape index (κ2) is 8.72. The van der Waals surface area contributed by atoms with E-state index in [1.165, 1.54) is 17.8 Å². The fourth-order valence-electron chi connectivity index (χ4n) is 3.53. The lowest BCUT2D eigenvalue weighted by Gasteiger charge is -2.06. The molecule has 0 bridgehead atoms. The Morgan fingerprint density at radius 1 is 1.32 bits per heavy atom. The van der Waals surface area contributed by atoms with Gasteiger partial charge in [-0.15, -0.1) is 0 Å². The van der Waals surface area contributed by atoms with Crippen LogP contribution in [0.5, 0.6) is 0 Å².